The predicted octanol–water partition coefficient (Wildman–Crippen LogP) is 2.68. The number of hydrogen-bond acceptors (Lipinski definition) is 5. The number of carbonyl (C=O) groups is 2. The van der Waals surface area contributed by atoms with Crippen LogP contribution in [0.4, 0.5) is 10.5 Å². The first-order valence-corrected chi connectivity index (χ1v) is 9.52. The zero-order chi connectivity index (χ0) is 18.4. The summed E-state index contributed by atoms with van der Waals surface area (Å²) in [5.41, 5.74) is 4.15. The van der Waals surface area contributed by atoms with Gasteiger partial charge in [0.25, 0.3) is 0 Å². The van der Waals surface area contributed by atoms with Gasteiger partial charge in [0.1, 0.15) is 6.10 Å². The van der Waals surface area contributed by atoms with Crippen LogP contribution in [-0.4, -0.2) is 36.4 Å². The average Bonchev–Trinajstić information content (AvgIpc) is 3.36. The number of nitrogens with zero attached hydrogens (tertiary/aromatic N) is 2. The second-order valence-electron chi connectivity index (χ2n) is 7.51. The van der Waals surface area contributed by atoms with Crippen LogP contribution in [0.15, 0.2) is 28.9 Å². The average molecular weight is 367 g/mol. The molecule has 0 unspecified atom stereocenters. The fourth-order valence-electron chi connectivity index (χ4n) is 3.85. The molecule has 0 spiro atoms. The minimum Gasteiger partial charge on any atom is -0.442 e. The van der Waals surface area contributed by atoms with E-state index in [1.807, 2.05) is 18.2 Å². The fourth-order valence-corrected chi connectivity index (χ4v) is 3.85. The van der Waals surface area contributed by atoms with Crippen LogP contribution in [-0.2, 0) is 22.4 Å². The molecule has 2 amide bonds. The van der Waals surface area contributed by atoms with Crippen molar-refractivity contribution in [2.24, 2.45) is 5.92 Å². The number of rotatable bonds is 4. The van der Waals surface area contributed by atoms with E-state index in [9.17, 15) is 9.59 Å². The van der Waals surface area contributed by atoms with E-state index in [0.717, 1.165) is 60.2 Å². The van der Waals surface area contributed by atoms with Crippen molar-refractivity contribution >= 4 is 17.7 Å². The quantitative estimate of drug-likeness (QED) is 0.898. The summed E-state index contributed by atoms with van der Waals surface area (Å²) in [6.07, 6.45) is 5.92. The summed E-state index contributed by atoms with van der Waals surface area (Å²) >= 11 is 0. The Morgan fingerprint density at radius 2 is 2.11 bits per heavy atom. The highest BCUT2D eigenvalue weighted by Crippen LogP contribution is 2.35. The molecule has 5 rings (SSSR count). The number of carbonyl (C=O) groups excluding carboxylic acids is 2. The Morgan fingerprint density at radius 3 is 2.96 bits per heavy atom. The number of anilines is 1. The Bertz CT molecular complexity index is 902. The number of aryl methyl sites for hydroxylation is 2. The molecule has 3 aliphatic rings. The van der Waals surface area contributed by atoms with Gasteiger partial charge in [-0.2, -0.15) is 0 Å². The van der Waals surface area contributed by atoms with Gasteiger partial charge in [-0.25, -0.2) is 4.79 Å². The second-order valence-corrected chi connectivity index (χ2v) is 7.51. The van der Waals surface area contributed by atoms with Gasteiger partial charge in [0.05, 0.1) is 19.3 Å². The van der Waals surface area contributed by atoms with E-state index in [1.54, 1.807) is 11.1 Å². The number of aromatic nitrogens is 1. The van der Waals surface area contributed by atoms with E-state index >= 15 is 0 Å². The standard InChI is InChI=1S/C20H21N3O4/c24-19(12-4-5-12)21-10-16-11-23(20(25)26-16)15-6-7-17-13(8-15)2-1-3-14-9-22-27-18(14)17/h6-9,12,16H,1-5,10-11H2,(H,21,24)/t16-/m0/s1. The van der Waals surface area contributed by atoms with Crippen LogP contribution in [0.3, 0.4) is 0 Å². The summed E-state index contributed by atoms with van der Waals surface area (Å²) in [6, 6.07) is 5.96. The SMILES string of the molecule is O=C(NC[C@H]1CN(c2ccc3c(c2)CCCc2cnoc2-3)C(=O)O1)C1CC1. The Balaban J connectivity index is 1.32. The maximum Gasteiger partial charge on any atom is 0.414 e. The number of hydrogen-bond donors (Lipinski definition) is 1. The number of fused-ring (bicyclic) bond motifs is 3. The van der Waals surface area contributed by atoms with Crippen LogP contribution in [0.1, 0.15) is 30.4 Å². The van der Waals surface area contributed by atoms with E-state index in [0.29, 0.717) is 13.1 Å². The fraction of sp³-hybridized carbons (Fsp3) is 0.450. The van der Waals surface area contributed by atoms with Crippen LogP contribution < -0.4 is 10.2 Å². The molecule has 1 saturated heterocycles. The highest BCUT2D eigenvalue weighted by Gasteiger charge is 2.35. The summed E-state index contributed by atoms with van der Waals surface area (Å²) in [6.45, 7) is 0.806. The van der Waals surface area contributed by atoms with Crippen LogP contribution in [0.5, 0.6) is 0 Å². The van der Waals surface area contributed by atoms with E-state index in [1.165, 1.54) is 0 Å². The molecule has 2 heterocycles. The molecule has 7 heteroatoms. The molecule has 1 atom stereocenters. The van der Waals surface area contributed by atoms with Gasteiger partial charge in [-0.05, 0) is 55.9 Å². The molecule has 1 N–H and O–H groups in total. The number of nitrogens with one attached hydrogen (secondary N) is 1. The molecule has 2 aromatic rings. The number of cyclic esters (lactones) is 1. The molecule has 0 radical (unpaired) electrons. The largest absolute Gasteiger partial charge is 0.442 e. The first-order chi connectivity index (χ1) is 13.2. The van der Waals surface area contributed by atoms with Crippen molar-refractivity contribution in [2.75, 3.05) is 18.0 Å². The second kappa shape index (κ2) is 6.40. The Labute approximate surface area is 156 Å². The van der Waals surface area contributed by atoms with E-state index in [-0.39, 0.29) is 24.0 Å². The van der Waals surface area contributed by atoms with Crippen molar-refractivity contribution in [1.29, 1.82) is 0 Å². The van der Waals surface area contributed by atoms with Crippen molar-refractivity contribution in [1.82, 2.24) is 10.5 Å². The van der Waals surface area contributed by atoms with E-state index in [2.05, 4.69) is 10.5 Å². The molecule has 1 aromatic carbocycles. The summed E-state index contributed by atoms with van der Waals surface area (Å²) in [5, 5.41) is 6.81. The number of ether oxygens (including phenoxy) is 1. The van der Waals surface area contributed by atoms with Gasteiger partial charge in [0.15, 0.2) is 5.76 Å². The molecule has 27 heavy (non-hydrogen) atoms. The van der Waals surface area contributed by atoms with Crippen molar-refractivity contribution < 1.29 is 18.8 Å². The van der Waals surface area contributed by atoms with Gasteiger partial charge >= 0.3 is 6.09 Å². The lowest BCUT2D eigenvalue weighted by Crippen LogP contribution is -2.35. The summed E-state index contributed by atoms with van der Waals surface area (Å²) in [5.74, 6) is 1.06. The smallest absolute Gasteiger partial charge is 0.414 e. The highest BCUT2D eigenvalue weighted by molar-refractivity contribution is 5.90. The Hall–Kier alpha value is -2.83. The lowest BCUT2D eigenvalue weighted by molar-refractivity contribution is -0.122. The van der Waals surface area contributed by atoms with E-state index < -0.39 is 0 Å². The first-order valence-electron chi connectivity index (χ1n) is 9.52. The first kappa shape index (κ1) is 16.4. The minimum atomic E-state index is -0.366. The number of amides is 2. The lowest BCUT2D eigenvalue weighted by atomic mass is 10.0. The maximum atomic E-state index is 12.3. The van der Waals surface area contributed by atoms with Gasteiger partial charge < -0.3 is 14.6 Å². The molecule has 7 nitrogen and oxygen atoms in total. The highest BCUT2D eigenvalue weighted by atomic mass is 16.6. The zero-order valence-electron chi connectivity index (χ0n) is 14.9. The lowest BCUT2D eigenvalue weighted by Gasteiger charge is -2.16. The molecule has 2 aliphatic carbocycles. The molecule has 0 bridgehead atoms. The van der Waals surface area contributed by atoms with Crippen molar-refractivity contribution in [3.63, 3.8) is 0 Å². The van der Waals surface area contributed by atoms with Crippen molar-refractivity contribution in [2.45, 2.75) is 38.2 Å². The third kappa shape index (κ3) is 3.07. The van der Waals surface area contributed by atoms with Gasteiger partial charge in [-0.1, -0.05) is 5.16 Å². The van der Waals surface area contributed by atoms with Crippen LogP contribution >= 0.6 is 0 Å². The van der Waals surface area contributed by atoms with Gasteiger partial charge in [0, 0.05) is 22.7 Å². The monoisotopic (exact) mass is 367 g/mol. The maximum absolute atomic E-state index is 12.3. The summed E-state index contributed by atoms with van der Waals surface area (Å²) in [4.78, 5) is 25.8. The zero-order valence-corrected chi connectivity index (χ0v) is 14.9. The molecule has 2 fully saturated rings. The molecular formula is C20H21N3O4. The van der Waals surface area contributed by atoms with Crippen LogP contribution in [0.2, 0.25) is 0 Å². The normalized spacial score (nSPS) is 21.3. The van der Waals surface area contributed by atoms with Crippen LogP contribution in [0.25, 0.3) is 11.3 Å². The summed E-state index contributed by atoms with van der Waals surface area (Å²) < 4.78 is 10.9. The molecule has 1 aliphatic heterocycles. The van der Waals surface area contributed by atoms with Crippen molar-refractivity contribution in [3.05, 3.63) is 35.5 Å². The van der Waals surface area contributed by atoms with Gasteiger partial charge in [-0.15, -0.1) is 0 Å². The van der Waals surface area contributed by atoms with Crippen molar-refractivity contribution in [3.8, 4) is 11.3 Å². The predicted molar refractivity (Wildman–Crippen MR) is 97.3 cm³/mol. The Kier molecular flexibility index (Phi) is 3.88. The number of benzene rings is 1. The molecule has 1 aromatic heterocycles. The van der Waals surface area contributed by atoms with Crippen LogP contribution in [0, 0.1) is 5.92 Å². The Morgan fingerprint density at radius 1 is 1.26 bits per heavy atom. The molecular weight excluding hydrogens is 346 g/mol. The third-order valence-corrected chi connectivity index (χ3v) is 5.51. The van der Waals surface area contributed by atoms with Gasteiger partial charge in [-0.3, -0.25) is 9.69 Å². The topological polar surface area (TPSA) is 84.7 Å². The minimum absolute atomic E-state index is 0.0670. The summed E-state index contributed by atoms with van der Waals surface area (Å²) in [7, 11) is 0. The van der Waals surface area contributed by atoms with E-state index in [4.69, 9.17) is 9.26 Å². The molecule has 1 saturated carbocycles. The third-order valence-electron chi connectivity index (χ3n) is 5.51. The molecule has 140 valence electrons. The van der Waals surface area contributed by atoms with Gasteiger partial charge in [0.2, 0.25) is 5.91 Å².